The molecule has 14 nitrogen and oxygen atoms in total. The highest BCUT2D eigenvalue weighted by Gasteiger charge is 2.59. The quantitative estimate of drug-likeness (QED) is 0.0991. The van der Waals surface area contributed by atoms with Gasteiger partial charge in [-0.2, -0.15) is 0 Å². The summed E-state index contributed by atoms with van der Waals surface area (Å²) in [6, 6.07) is 14.0. The van der Waals surface area contributed by atoms with Crippen molar-refractivity contribution >= 4 is 45.5 Å². The Morgan fingerprint density at radius 1 is 1.00 bits per heavy atom. The number of benzene rings is 4. The van der Waals surface area contributed by atoms with Gasteiger partial charge in [-0.15, -0.1) is 0 Å². The van der Waals surface area contributed by atoms with E-state index in [1.165, 1.54) is 24.9 Å². The molecule has 1 aromatic heterocycles. The number of ether oxygens (including phenoxy) is 5. The number of phenolic OH excluding ortho intramolecular Hbond substituents is 1. The Morgan fingerprint density at radius 2 is 1.86 bits per heavy atom. The van der Waals surface area contributed by atoms with Gasteiger partial charge in [0.25, 0.3) is 5.91 Å². The molecular formula is C55H55N3O11. The third-order valence-corrected chi connectivity index (χ3v) is 15.8. The summed E-state index contributed by atoms with van der Waals surface area (Å²) in [6.07, 6.45) is 12.9. The second-order valence-electron chi connectivity index (χ2n) is 19.7. The first-order chi connectivity index (χ1) is 33.6. The third kappa shape index (κ3) is 7.24. The van der Waals surface area contributed by atoms with Crippen molar-refractivity contribution in [3.63, 3.8) is 0 Å². The minimum absolute atomic E-state index is 0.0241. The average molecular weight is 934 g/mol. The van der Waals surface area contributed by atoms with Crippen LogP contribution >= 0.6 is 0 Å². The van der Waals surface area contributed by atoms with Gasteiger partial charge >= 0.3 is 0 Å². The van der Waals surface area contributed by atoms with Crippen molar-refractivity contribution in [3.05, 3.63) is 111 Å². The van der Waals surface area contributed by atoms with E-state index < -0.39 is 48.7 Å². The topological polar surface area (TPSA) is 192 Å². The summed E-state index contributed by atoms with van der Waals surface area (Å²) in [5.74, 6) is 2.28. The largest absolute Gasteiger partial charge is 0.506 e. The fourth-order valence-corrected chi connectivity index (χ4v) is 12.2. The molecule has 5 aromatic rings. The first-order valence-corrected chi connectivity index (χ1v) is 24.3. The highest BCUT2D eigenvalue weighted by Crippen LogP contribution is 2.55. The maximum atomic E-state index is 15.2. The predicted octanol–water partition coefficient (Wildman–Crippen LogP) is 6.69. The lowest BCUT2D eigenvalue weighted by molar-refractivity contribution is -0.328. The number of ketones is 1. The van der Waals surface area contributed by atoms with Gasteiger partial charge in [0.1, 0.15) is 41.7 Å². The van der Waals surface area contributed by atoms with Crippen LogP contribution in [0.15, 0.2) is 60.8 Å². The maximum absolute atomic E-state index is 15.2. The van der Waals surface area contributed by atoms with Crippen molar-refractivity contribution < 1.29 is 53.7 Å². The lowest BCUT2D eigenvalue weighted by atomic mass is 9.75. The number of carbonyl (C=O) groups is 2. The number of amides is 1. The Labute approximate surface area is 398 Å². The number of aromatic amines is 1. The zero-order valence-electron chi connectivity index (χ0n) is 38.3. The number of aliphatic hydroxyl groups excluding tert-OH is 2. The van der Waals surface area contributed by atoms with Crippen LogP contribution in [0, 0.1) is 17.9 Å². The number of methoxy groups -OCH3 is 1. The summed E-state index contributed by atoms with van der Waals surface area (Å²) in [6.45, 7) is -0.658. The number of phenols is 1. The Balaban J connectivity index is 1.08. The van der Waals surface area contributed by atoms with Crippen LogP contribution in [0.25, 0.3) is 33.8 Å². The summed E-state index contributed by atoms with van der Waals surface area (Å²) in [4.78, 5) is 34.1. The van der Waals surface area contributed by atoms with Gasteiger partial charge in [-0.25, -0.2) is 0 Å². The van der Waals surface area contributed by atoms with Gasteiger partial charge in [0.2, 0.25) is 6.29 Å². The fraction of sp³-hybridized carbons (Fsp3) is 0.418. The van der Waals surface area contributed by atoms with Crippen molar-refractivity contribution in [1.82, 2.24) is 15.2 Å². The van der Waals surface area contributed by atoms with E-state index in [0.29, 0.717) is 46.0 Å². The van der Waals surface area contributed by atoms with Crippen molar-refractivity contribution in [2.24, 2.45) is 5.92 Å². The average Bonchev–Trinajstić information content (AvgIpc) is 4.19. The van der Waals surface area contributed by atoms with E-state index in [4.69, 9.17) is 23.7 Å². The lowest BCUT2D eigenvalue weighted by Crippen LogP contribution is -2.70. The van der Waals surface area contributed by atoms with E-state index >= 15 is 4.79 Å². The van der Waals surface area contributed by atoms with E-state index in [1.54, 1.807) is 18.2 Å². The normalized spacial score (nSPS) is 28.3. The number of rotatable bonds is 6. The number of nitrogens with zero attached hydrogens (tertiary/aromatic N) is 1. The van der Waals surface area contributed by atoms with Gasteiger partial charge in [-0.05, 0) is 95.7 Å². The molecule has 8 unspecified atom stereocenters. The van der Waals surface area contributed by atoms with Crippen LogP contribution in [0.2, 0.25) is 0 Å². The molecule has 2 saturated carbocycles. The summed E-state index contributed by atoms with van der Waals surface area (Å²) in [7, 11) is 1.53. The van der Waals surface area contributed by atoms with Gasteiger partial charge in [-0.3, -0.25) is 9.59 Å². The van der Waals surface area contributed by atoms with Gasteiger partial charge in [-0.1, -0.05) is 61.6 Å². The van der Waals surface area contributed by atoms with Crippen LogP contribution in [0.3, 0.4) is 0 Å². The van der Waals surface area contributed by atoms with Gasteiger partial charge in [0.05, 0.1) is 43.4 Å². The number of Topliss-reactive ketones (excluding diaryl/α,β-unsaturated/α-hetero) is 1. The van der Waals surface area contributed by atoms with Crippen LogP contribution < -0.4 is 14.8 Å². The Bertz CT molecular complexity index is 3050. The third-order valence-electron chi connectivity index (χ3n) is 15.8. The molecule has 4 aliphatic heterocycles. The zero-order valence-corrected chi connectivity index (χ0v) is 38.3. The molecule has 3 aliphatic carbocycles. The number of carbonyl (C=O) groups excluding carboxylic acids is 2. The minimum Gasteiger partial charge on any atom is -0.506 e. The molecule has 6 N–H and O–H groups in total. The van der Waals surface area contributed by atoms with Crippen molar-refractivity contribution in [2.75, 3.05) is 26.9 Å². The molecule has 1 amide bonds. The first-order valence-electron chi connectivity index (χ1n) is 24.3. The molecule has 4 aromatic carbocycles. The number of H-pyrrole nitrogens is 1. The number of aromatic hydroxyl groups is 1. The van der Waals surface area contributed by atoms with Crippen LogP contribution in [0.5, 0.6) is 17.2 Å². The number of aliphatic hydroxyl groups is 3. The molecule has 14 heteroatoms. The molecule has 8 atom stereocenters. The van der Waals surface area contributed by atoms with E-state index in [9.17, 15) is 25.2 Å². The van der Waals surface area contributed by atoms with E-state index in [2.05, 4.69) is 46.6 Å². The molecule has 1 saturated heterocycles. The van der Waals surface area contributed by atoms with E-state index in [-0.39, 0.29) is 66.3 Å². The van der Waals surface area contributed by atoms with Crippen LogP contribution in [0.1, 0.15) is 117 Å². The molecule has 69 heavy (non-hydrogen) atoms. The van der Waals surface area contributed by atoms with Crippen LogP contribution in [-0.4, -0.2) is 105 Å². The number of hydrogen-bond acceptors (Lipinski definition) is 12. The van der Waals surface area contributed by atoms with Crippen LogP contribution in [0.4, 0.5) is 0 Å². The van der Waals surface area contributed by atoms with Gasteiger partial charge < -0.3 is 59.3 Å². The predicted molar refractivity (Wildman–Crippen MR) is 256 cm³/mol. The molecule has 0 spiro atoms. The number of nitrogens with one attached hydrogen (secondary N) is 2. The summed E-state index contributed by atoms with van der Waals surface area (Å²) in [5.41, 5.74) is 4.10. The lowest BCUT2D eigenvalue weighted by Gasteiger charge is -2.47. The first kappa shape index (κ1) is 44.1. The molecule has 356 valence electrons. The number of aromatic nitrogens is 1. The van der Waals surface area contributed by atoms with E-state index in [1.807, 2.05) is 30.5 Å². The van der Waals surface area contributed by atoms with Crippen molar-refractivity contribution in [1.29, 1.82) is 0 Å². The number of hydrogen-bond donors (Lipinski definition) is 6. The number of fused-ring (bicyclic) bond motifs is 10. The molecular weight excluding hydrogens is 879 g/mol. The molecule has 8 bridgehead atoms. The molecule has 5 heterocycles. The van der Waals surface area contributed by atoms with Gasteiger partial charge in [0, 0.05) is 59.2 Å². The standard InChI is InChI=1S/C55H55N3O11/c1-65-44-22-38-34-16-15-31-8-4-12-33(31)46(34)48-42(60)26-58-25-40-30(7-5-13-35(40)53(58)63)9-6-20-66-52-49(61)45-27-67-43(19-17-36(44)51(47(38)50(48)62)69-54(68-45)55(52,64)28-59)39-24-57-41-18-14-29(21-37(39)41)23-56-32-10-2-3-11-32/h5,7,13-19,21-22,24,31-33,43,45,49,52,54,56-57,59,61-62,64H,2-4,8-12,23,25-28H2,1H3. The summed E-state index contributed by atoms with van der Waals surface area (Å²) < 4.78 is 32.4. The highest BCUT2D eigenvalue weighted by molar-refractivity contribution is 6.14. The summed E-state index contributed by atoms with van der Waals surface area (Å²) >= 11 is 0. The Kier molecular flexibility index (Phi) is 11.1. The van der Waals surface area contributed by atoms with Crippen LogP contribution in [-0.2, 0) is 33.7 Å². The maximum Gasteiger partial charge on any atom is 0.254 e. The fourth-order valence-electron chi connectivity index (χ4n) is 12.2. The molecule has 0 radical (unpaired) electrons. The molecule has 7 aliphatic rings. The second-order valence-corrected chi connectivity index (χ2v) is 19.7. The molecule has 12 rings (SSSR count). The number of allylic oxidation sites excluding steroid dienone is 1. The second kappa shape index (κ2) is 17.3. The van der Waals surface area contributed by atoms with Crippen molar-refractivity contribution in [2.45, 2.75) is 113 Å². The summed E-state index contributed by atoms with van der Waals surface area (Å²) in [5, 5.41) is 54.2. The highest BCUT2D eigenvalue weighted by atomic mass is 16.7. The smallest absolute Gasteiger partial charge is 0.254 e. The Morgan fingerprint density at radius 3 is 2.70 bits per heavy atom. The SMILES string of the molecule is COc1cc2c3c(c4c(O)c2c2c1C=CC(c1c[nH]c5ccc(CNC6CCCC6)cc15)OCC1OC(O2)C(O)(CO)C(OC#CCc2cccc5c2CN(CC4=O)C5=O)C1O)C1CCCC1C=C3. The zero-order chi connectivity index (χ0) is 47.1. The minimum atomic E-state index is -2.46. The molecule has 3 fully saturated rings. The van der Waals surface area contributed by atoms with Crippen molar-refractivity contribution in [3.8, 4) is 29.3 Å². The van der Waals surface area contributed by atoms with Gasteiger partial charge in [0.15, 0.2) is 17.5 Å². The Hall–Kier alpha value is -6.18. The van der Waals surface area contributed by atoms with E-state index in [0.717, 1.165) is 65.3 Å². The monoisotopic (exact) mass is 933 g/mol.